The number of carbonyl (C=O) groups excluding carboxylic acids is 2. The van der Waals surface area contributed by atoms with Crippen molar-refractivity contribution in [3.63, 3.8) is 0 Å². The van der Waals surface area contributed by atoms with Crippen LogP contribution in [0.25, 0.3) is 5.57 Å². The molecule has 0 aliphatic carbocycles. The monoisotopic (exact) mass is 578 g/mol. The van der Waals surface area contributed by atoms with E-state index in [1.165, 1.54) is 24.3 Å². The Labute approximate surface area is 240 Å². The van der Waals surface area contributed by atoms with Crippen molar-refractivity contribution in [1.82, 2.24) is 4.98 Å². The Morgan fingerprint density at radius 2 is 1.86 bits per heavy atom. The van der Waals surface area contributed by atoms with E-state index in [2.05, 4.69) is 20.5 Å². The molecule has 1 atom stereocenters. The number of nitrogens with zero attached hydrogens (tertiary/aromatic N) is 2. The first-order valence-corrected chi connectivity index (χ1v) is 13.5. The smallest absolute Gasteiger partial charge is 0.383 e. The van der Waals surface area contributed by atoms with Gasteiger partial charge in [0.1, 0.15) is 11.9 Å². The molecule has 5 rings (SSSR count). The van der Waals surface area contributed by atoms with Gasteiger partial charge in [0.25, 0.3) is 5.91 Å². The van der Waals surface area contributed by atoms with Gasteiger partial charge < -0.3 is 25.4 Å². The van der Waals surface area contributed by atoms with Crippen molar-refractivity contribution in [2.24, 2.45) is 0 Å². The molecule has 11 heteroatoms. The number of hydrogen-bond donors (Lipinski definition) is 3. The van der Waals surface area contributed by atoms with Crippen LogP contribution in [0, 0.1) is 0 Å². The number of nitrogens with one attached hydrogen (secondary N) is 2. The zero-order chi connectivity index (χ0) is 29.7. The molecule has 0 radical (unpaired) electrons. The number of rotatable bonds is 6. The molecule has 1 saturated heterocycles. The highest BCUT2D eigenvalue weighted by Gasteiger charge is 2.30. The molecule has 2 amide bonds. The number of aromatic nitrogens is 1. The van der Waals surface area contributed by atoms with Crippen molar-refractivity contribution in [1.29, 1.82) is 0 Å². The predicted molar refractivity (Wildman–Crippen MR) is 153 cm³/mol. The molecule has 3 heterocycles. The van der Waals surface area contributed by atoms with Crippen molar-refractivity contribution in [2.75, 3.05) is 41.8 Å². The number of alkyl halides is 3. The third-order valence-electron chi connectivity index (χ3n) is 7.03. The van der Waals surface area contributed by atoms with Crippen molar-refractivity contribution in [2.45, 2.75) is 25.1 Å². The lowest BCUT2D eigenvalue weighted by Crippen LogP contribution is -2.34. The van der Waals surface area contributed by atoms with Gasteiger partial charge in [-0.05, 0) is 54.0 Å². The van der Waals surface area contributed by atoms with Crippen LogP contribution in [0.2, 0.25) is 0 Å². The fraction of sp³-hybridized carbons (Fsp3) is 0.258. The van der Waals surface area contributed by atoms with Gasteiger partial charge >= 0.3 is 6.18 Å². The summed E-state index contributed by atoms with van der Waals surface area (Å²) in [5, 5.41) is 15.3. The molecule has 2 aliphatic rings. The molecule has 0 spiro atoms. The zero-order valence-electron chi connectivity index (χ0n) is 22.5. The number of pyridine rings is 1. The van der Waals surface area contributed by atoms with Crippen LogP contribution >= 0.6 is 0 Å². The maximum Gasteiger partial charge on any atom is 0.416 e. The molecule has 3 N–H and O–H groups in total. The highest BCUT2D eigenvalue weighted by molar-refractivity contribution is 6.03. The Bertz CT molecular complexity index is 1490. The van der Waals surface area contributed by atoms with E-state index in [1.807, 2.05) is 12.1 Å². The van der Waals surface area contributed by atoms with Crippen LogP contribution in [-0.4, -0.2) is 54.3 Å². The molecule has 0 saturated carbocycles. The normalized spacial score (nSPS) is 17.9. The van der Waals surface area contributed by atoms with E-state index in [0.717, 1.165) is 30.9 Å². The molecule has 8 nitrogen and oxygen atoms in total. The summed E-state index contributed by atoms with van der Waals surface area (Å²) < 4.78 is 45.1. The lowest BCUT2D eigenvalue weighted by molar-refractivity contribution is -0.137. The first-order chi connectivity index (χ1) is 20.2. The number of amides is 2. The molecule has 0 bridgehead atoms. The predicted octanol–water partition coefficient (Wildman–Crippen LogP) is 4.81. The highest BCUT2D eigenvalue weighted by Crippen LogP contribution is 2.32. The number of carbonyl (C=O) groups is 2. The number of aliphatic hydroxyl groups is 1. The van der Waals surface area contributed by atoms with Gasteiger partial charge in [0.2, 0.25) is 5.91 Å². The van der Waals surface area contributed by atoms with E-state index in [0.29, 0.717) is 53.4 Å². The van der Waals surface area contributed by atoms with Crippen LogP contribution in [0.5, 0.6) is 0 Å². The molecule has 1 fully saturated rings. The van der Waals surface area contributed by atoms with Gasteiger partial charge in [-0.1, -0.05) is 30.4 Å². The van der Waals surface area contributed by atoms with Crippen LogP contribution in [0.15, 0.2) is 79.0 Å². The van der Waals surface area contributed by atoms with E-state index < -0.39 is 29.7 Å². The molecular formula is C31H29F3N4O4. The lowest BCUT2D eigenvalue weighted by Gasteiger charge is -2.23. The second-order valence-electron chi connectivity index (χ2n) is 9.90. The average molecular weight is 579 g/mol. The van der Waals surface area contributed by atoms with Gasteiger partial charge in [-0.25, -0.2) is 4.98 Å². The first-order valence-electron chi connectivity index (χ1n) is 13.5. The molecule has 3 aromatic rings. The van der Waals surface area contributed by atoms with E-state index >= 15 is 0 Å². The van der Waals surface area contributed by atoms with E-state index in [9.17, 15) is 27.9 Å². The standard InChI is InChI=1S/C31H29F3N4O4/c32-31(33,34)22-11-8-20(9-12-22)23(21-10-13-28(35-19-21)38-14-3-16-42-17-15-38)4-1-7-29(40)36-25-5-2-6-26-24(25)18-27(39)30(41)37-26/h1-2,4-13,19,27,39H,3,14-18H2,(H,36,40)(H,37,41)/b7-1+,23-4-. The SMILES string of the molecule is O=C(/C=C/C=C(/c1ccc(C(F)(F)F)cc1)c1ccc(N2CCCOCC2)nc1)Nc1cccc2c1CC(O)C(=O)N2. The van der Waals surface area contributed by atoms with E-state index in [1.54, 1.807) is 30.5 Å². The van der Waals surface area contributed by atoms with E-state index in [4.69, 9.17) is 4.74 Å². The number of fused-ring (bicyclic) bond motifs is 1. The molecule has 1 unspecified atom stereocenters. The number of anilines is 3. The topological polar surface area (TPSA) is 104 Å². The third kappa shape index (κ3) is 6.87. The van der Waals surface area contributed by atoms with Crippen LogP contribution in [0.3, 0.4) is 0 Å². The van der Waals surface area contributed by atoms with Gasteiger partial charge in [0.15, 0.2) is 0 Å². The minimum absolute atomic E-state index is 0.0623. The zero-order valence-corrected chi connectivity index (χ0v) is 22.5. The molecule has 2 aliphatic heterocycles. The van der Waals surface area contributed by atoms with E-state index in [-0.39, 0.29) is 6.42 Å². The van der Waals surface area contributed by atoms with Gasteiger partial charge in [0.05, 0.1) is 12.2 Å². The van der Waals surface area contributed by atoms with Gasteiger partial charge in [0, 0.05) is 60.9 Å². The Balaban J connectivity index is 1.39. The Kier molecular flexibility index (Phi) is 8.69. The quantitative estimate of drug-likeness (QED) is 0.287. The highest BCUT2D eigenvalue weighted by atomic mass is 19.4. The molecule has 218 valence electrons. The lowest BCUT2D eigenvalue weighted by atomic mass is 9.97. The third-order valence-corrected chi connectivity index (χ3v) is 7.03. The number of benzene rings is 2. The Hall–Kier alpha value is -4.48. The first kappa shape index (κ1) is 29.0. The van der Waals surface area contributed by atoms with Gasteiger partial charge in [-0.3, -0.25) is 9.59 Å². The second-order valence-corrected chi connectivity index (χ2v) is 9.90. The summed E-state index contributed by atoms with van der Waals surface area (Å²) >= 11 is 0. The fourth-order valence-electron chi connectivity index (χ4n) is 4.85. The largest absolute Gasteiger partial charge is 0.416 e. The van der Waals surface area contributed by atoms with Crippen LogP contribution in [0.4, 0.5) is 30.4 Å². The summed E-state index contributed by atoms with van der Waals surface area (Å²) in [7, 11) is 0. The Morgan fingerprint density at radius 3 is 2.60 bits per heavy atom. The molecule has 42 heavy (non-hydrogen) atoms. The van der Waals surface area contributed by atoms with Gasteiger partial charge in [-0.15, -0.1) is 0 Å². The number of halogens is 3. The minimum Gasteiger partial charge on any atom is -0.383 e. The van der Waals surface area contributed by atoms with Crippen LogP contribution < -0.4 is 15.5 Å². The fourth-order valence-corrected chi connectivity index (χ4v) is 4.85. The van der Waals surface area contributed by atoms with Crippen molar-refractivity contribution < 1.29 is 32.6 Å². The minimum atomic E-state index is -4.46. The average Bonchev–Trinajstić information content (AvgIpc) is 3.26. The summed E-state index contributed by atoms with van der Waals surface area (Å²) in [6.07, 6.45) is 1.37. The van der Waals surface area contributed by atoms with Crippen molar-refractivity contribution >= 4 is 34.6 Å². The summed E-state index contributed by atoms with van der Waals surface area (Å²) in [5.74, 6) is -0.192. The summed E-state index contributed by atoms with van der Waals surface area (Å²) in [5.41, 5.74) is 2.57. The summed E-state index contributed by atoms with van der Waals surface area (Å²) in [4.78, 5) is 31.3. The number of ether oxygens (including phenoxy) is 1. The van der Waals surface area contributed by atoms with Crippen molar-refractivity contribution in [3.05, 3.63) is 101 Å². The van der Waals surface area contributed by atoms with Crippen molar-refractivity contribution in [3.8, 4) is 0 Å². The van der Waals surface area contributed by atoms with Crippen LogP contribution in [-0.2, 0) is 26.9 Å². The number of allylic oxidation sites excluding steroid dienone is 2. The maximum atomic E-state index is 13.2. The summed E-state index contributed by atoms with van der Waals surface area (Å²) in [6.45, 7) is 2.82. The van der Waals surface area contributed by atoms with Crippen LogP contribution in [0.1, 0.15) is 28.7 Å². The number of aliphatic hydroxyl groups excluding tert-OH is 1. The second kappa shape index (κ2) is 12.6. The number of hydrogen-bond acceptors (Lipinski definition) is 6. The van der Waals surface area contributed by atoms with Gasteiger partial charge in [-0.2, -0.15) is 13.2 Å². The maximum absolute atomic E-state index is 13.2. The molecule has 2 aromatic carbocycles. The summed E-state index contributed by atoms with van der Waals surface area (Å²) in [6, 6.07) is 13.5. The Morgan fingerprint density at radius 1 is 1.07 bits per heavy atom. The molecular weight excluding hydrogens is 549 g/mol. The molecule has 1 aromatic heterocycles.